The summed E-state index contributed by atoms with van der Waals surface area (Å²) in [7, 11) is 0. The van der Waals surface area contributed by atoms with Gasteiger partial charge in [0.2, 0.25) is 0 Å². The lowest BCUT2D eigenvalue weighted by Gasteiger charge is -2.36. The fourth-order valence-electron chi connectivity index (χ4n) is 2.15. The third kappa shape index (κ3) is 2.02. The maximum Gasteiger partial charge on any atom is 0.312 e. The van der Waals surface area contributed by atoms with Gasteiger partial charge in [-0.25, -0.2) is 0 Å². The average Bonchev–Trinajstić information content (AvgIpc) is 2.27. The molecule has 1 aliphatic carbocycles. The van der Waals surface area contributed by atoms with E-state index in [9.17, 15) is 4.79 Å². The molecule has 1 saturated heterocycles. The van der Waals surface area contributed by atoms with Crippen LogP contribution in [0, 0.1) is 0 Å². The van der Waals surface area contributed by atoms with Crippen molar-refractivity contribution in [2.45, 2.75) is 31.7 Å². The van der Waals surface area contributed by atoms with Gasteiger partial charge in [-0.15, -0.1) is 0 Å². The largest absolute Gasteiger partial charge is 0.333 e. The van der Waals surface area contributed by atoms with Gasteiger partial charge in [-0.05, 0) is 19.3 Å². The number of hydrogen-bond donors (Lipinski definition) is 0. The van der Waals surface area contributed by atoms with Crippen molar-refractivity contribution in [1.29, 1.82) is 0 Å². The van der Waals surface area contributed by atoms with Gasteiger partial charge in [0.05, 0.1) is 0 Å². The molecule has 1 radical (unpaired) electrons. The summed E-state index contributed by atoms with van der Waals surface area (Å²) in [4.78, 5) is 14.8. The number of carbonyl (C=O) groups excluding carboxylic acids is 1. The highest BCUT2D eigenvalue weighted by Gasteiger charge is 2.26. The Bertz CT molecular complexity index is 180. The van der Waals surface area contributed by atoms with Crippen LogP contribution in [-0.2, 0) is 4.79 Å². The van der Waals surface area contributed by atoms with Crippen molar-refractivity contribution in [3.05, 3.63) is 0 Å². The van der Waals surface area contributed by atoms with Crippen molar-refractivity contribution in [1.82, 2.24) is 9.80 Å². The van der Waals surface area contributed by atoms with Crippen LogP contribution in [-0.4, -0.2) is 48.4 Å². The van der Waals surface area contributed by atoms with Crippen LogP contribution < -0.4 is 0 Å². The smallest absolute Gasteiger partial charge is 0.312 e. The van der Waals surface area contributed by atoms with Gasteiger partial charge in [-0.3, -0.25) is 9.69 Å². The molecule has 0 aromatic carbocycles. The van der Waals surface area contributed by atoms with Crippen LogP contribution in [0.4, 0.5) is 0 Å². The summed E-state index contributed by atoms with van der Waals surface area (Å²) < 4.78 is 0. The summed E-state index contributed by atoms with van der Waals surface area (Å²) in [5.41, 5.74) is 0. The monoisotopic (exact) mass is 181 g/mol. The molecule has 1 aliphatic heterocycles. The third-order valence-corrected chi connectivity index (χ3v) is 3.25. The Balaban J connectivity index is 1.82. The highest BCUT2D eigenvalue weighted by Crippen LogP contribution is 2.25. The van der Waals surface area contributed by atoms with Crippen molar-refractivity contribution < 1.29 is 4.79 Å². The first kappa shape index (κ1) is 9.00. The molecule has 1 amide bonds. The maximum absolute atomic E-state index is 10.5. The Morgan fingerprint density at radius 3 is 2.46 bits per heavy atom. The van der Waals surface area contributed by atoms with Gasteiger partial charge in [0.25, 0.3) is 0 Å². The molecule has 1 heterocycles. The van der Waals surface area contributed by atoms with E-state index in [2.05, 4.69) is 4.90 Å². The SMILES string of the molecule is O=[C]N1CCCN(C2CCC2)CC1. The molecule has 3 heteroatoms. The van der Waals surface area contributed by atoms with E-state index in [0.717, 1.165) is 32.1 Å². The van der Waals surface area contributed by atoms with E-state index in [1.165, 1.54) is 25.8 Å². The molecule has 0 aromatic rings. The molecule has 0 spiro atoms. The van der Waals surface area contributed by atoms with E-state index in [1.54, 1.807) is 4.90 Å². The van der Waals surface area contributed by atoms with E-state index in [0.29, 0.717) is 0 Å². The molecule has 2 rings (SSSR count). The Morgan fingerprint density at radius 1 is 1.00 bits per heavy atom. The lowest BCUT2D eigenvalue weighted by Crippen LogP contribution is -2.42. The van der Waals surface area contributed by atoms with E-state index in [1.807, 2.05) is 6.41 Å². The Labute approximate surface area is 79.7 Å². The zero-order chi connectivity index (χ0) is 9.10. The van der Waals surface area contributed by atoms with Gasteiger partial charge in [-0.1, -0.05) is 6.42 Å². The van der Waals surface area contributed by atoms with Crippen LogP contribution in [0.5, 0.6) is 0 Å². The van der Waals surface area contributed by atoms with Gasteiger partial charge in [0, 0.05) is 32.2 Å². The molecule has 0 unspecified atom stereocenters. The van der Waals surface area contributed by atoms with E-state index in [4.69, 9.17) is 0 Å². The van der Waals surface area contributed by atoms with Crippen LogP contribution in [0.3, 0.4) is 0 Å². The van der Waals surface area contributed by atoms with Crippen molar-refractivity contribution in [3.8, 4) is 0 Å². The minimum absolute atomic E-state index is 0.826. The lowest BCUT2D eigenvalue weighted by molar-refractivity contribution is 0.134. The summed E-state index contributed by atoms with van der Waals surface area (Å²) >= 11 is 0. The number of rotatable bonds is 2. The Hall–Kier alpha value is -0.570. The molecule has 13 heavy (non-hydrogen) atoms. The van der Waals surface area contributed by atoms with Gasteiger partial charge >= 0.3 is 6.41 Å². The quantitative estimate of drug-likeness (QED) is 0.623. The van der Waals surface area contributed by atoms with Crippen molar-refractivity contribution in [2.75, 3.05) is 26.2 Å². The van der Waals surface area contributed by atoms with Gasteiger partial charge in [0.15, 0.2) is 0 Å². The predicted molar refractivity (Wildman–Crippen MR) is 51.1 cm³/mol. The molecule has 0 atom stereocenters. The third-order valence-electron chi connectivity index (χ3n) is 3.25. The average molecular weight is 181 g/mol. The second-order valence-electron chi connectivity index (χ2n) is 4.05. The topological polar surface area (TPSA) is 23.6 Å². The maximum atomic E-state index is 10.5. The first-order valence-electron chi connectivity index (χ1n) is 5.27. The van der Waals surface area contributed by atoms with Gasteiger partial charge in [0.1, 0.15) is 0 Å². The summed E-state index contributed by atoms with van der Waals surface area (Å²) in [6, 6.07) is 0.826. The molecule has 3 nitrogen and oxygen atoms in total. The molecule has 0 aromatic heterocycles. The molecular weight excluding hydrogens is 164 g/mol. The van der Waals surface area contributed by atoms with E-state index < -0.39 is 0 Å². The van der Waals surface area contributed by atoms with Crippen LogP contribution >= 0.6 is 0 Å². The summed E-state index contributed by atoms with van der Waals surface area (Å²) in [5.74, 6) is 0. The minimum Gasteiger partial charge on any atom is -0.333 e. The summed E-state index contributed by atoms with van der Waals surface area (Å²) in [5, 5.41) is 0. The normalized spacial score (nSPS) is 26.6. The van der Waals surface area contributed by atoms with Gasteiger partial charge in [-0.2, -0.15) is 0 Å². The van der Waals surface area contributed by atoms with E-state index in [-0.39, 0.29) is 0 Å². The Kier molecular flexibility index (Phi) is 2.83. The second kappa shape index (κ2) is 4.09. The zero-order valence-electron chi connectivity index (χ0n) is 8.04. The fraction of sp³-hybridized carbons (Fsp3) is 0.900. The standard InChI is InChI=1S/C10H17N2O/c13-9-11-5-2-6-12(8-7-11)10-3-1-4-10/h10H,1-8H2. The van der Waals surface area contributed by atoms with Crippen molar-refractivity contribution in [3.63, 3.8) is 0 Å². The molecule has 1 saturated carbocycles. The summed E-state index contributed by atoms with van der Waals surface area (Å²) in [6.45, 7) is 4.00. The van der Waals surface area contributed by atoms with E-state index >= 15 is 0 Å². The van der Waals surface area contributed by atoms with Crippen LogP contribution in [0.15, 0.2) is 0 Å². The lowest BCUT2D eigenvalue weighted by atomic mass is 9.91. The van der Waals surface area contributed by atoms with Gasteiger partial charge < -0.3 is 4.90 Å². The molecule has 0 bridgehead atoms. The number of hydrogen-bond acceptors (Lipinski definition) is 2. The molecule has 0 N–H and O–H groups in total. The molecular formula is C10H17N2O. The number of amides is 1. The van der Waals surface area contributed by atoms with Crippen LogP contribution in [0.2, 0.25) is 0 Å². The minimum atomic E-state index is 0.826. The highest BCUT2D eigenvalue weighted by molar-refractivity contribution is 5.48. The van der Waals surface area contributed by atoms with Crippen molar-refractivity contribution in [2.24, 2.45) is 0 Å². The molecule has 2 fully saturated rings. The molecule has 73 valence electrons. The number of nitrogens with zero attached hydrogens (tertiary/aromatic N) is 2. The zero-order valence-corrected chi connectivity index (χ0v) is 8.04. The van der Waals surface area contributed by atoms with Crippen LogP contribution in [0.25, 0.3) is 0 Å². The summed E-state index contributed by atoms with van der Waals surface area (Å²) in [6.07, 6.45) is 7.24. The van der Waals surface area contributed by atoms with Crippen LogP contribution in [0.1, 0.15) is 25.7 Å². The first-order chi connectivity index (χ1) is 6.40. The Morgan fingerprint density at radius 2 is 1.85 bits per heavy atom. The first-order valence-corrected chi connectivity index (χ1v) is 5.27. The second-order valence-corrected chi connectivity index (χ2v) is 4.05. The predicted octanol–water partition coefficient (Wildman–Crippen LogP) is 0.614. The fourth-order valence-corrected chi connectivity index (χ4v) is 2.15. The highest BCUT2D eigenvalue weighted by atomic mass is 16.1. The molecule has 2 aliphatic rings. The van der Waals surface area contributed by atoms with Crippen molar-refractivity contribution >= 4 is 6.41 Å².